The first kappa shape index (κ1) is 67.8. The van der Waals surface area contributed by atoms with Gasteiger partial charge in [0.1, 0.15) is 56.9 Å². The predicted octanol–water partition coefficient (Wildman–Crippen LogP) is 1.15. The van der Waals surface area contributed by atoms with Crippen molar-refractivity contribution in [3.05, 3.63) is 59.7 Å². The van der Waals surface area contributed by atoms with Crippen LogP contribution in [-0.4, -0.2) is 208 Å². The van der Waals surface area contributed by atoms with Gasteiger partial charge in [-0.25, -0.2) is 9.59 Å². The molecule has 0 saturated carbocycles. The van der Waals surface area contributed by atoms with Crippen molar-refractivity contribution in [3.8, 4) is 11.1 Å². The number of hydrogen-bond donors (Lipinski definition) is 2. The number of rotatable bonds is 24. The second-order valence-electron chi connectivity index (χ2n) is 20.0. The molecule has 4 aliphatic rings. The Labute approximate surface area is 496 Å². The first-order chi connectivity index (χ1) is 41.1. The maximum absolute atomic E-state index is 13.4. The van der Waals surface area contributed by atoms with Crippen molar-refractivity contribution in [2.24, 2.45) is 0 Å². The molecule has 3 saturated heterocycles. The molecule has 3 aliphatic heterocycles. The van der Waals surface area contributed by atoms with Gasteiger partial charge in [0.15, 0.2) is 67.6 Å². The van der Waals surface area contributed by atoms with Crippen molar-refractivity contribution >= 4 is 71.8 Å². The molecule has 3 fully saturated rings. The normalized spacial score (nSPS) is 27.6. The average Bonchev–Trinajstić information content (AvgIpc) is 3.13. The van der Waals surface area contributed by atoms with E-state index in [4.69, 9.17) is 80.5 Å². The van der Waals surface area contributed by atoms with E-state index in [1.807, 2.05) is 48.5 Å². The van der Waals surface area contributed by atoms with Crippen LogP contribution in [0.5, 0.6) is 0 Å². The Kier molecular flexibility index (Phi) is 24.0. The van der Waals surface area contributed by atoms with E-state index in [0.29, 0.717) is 0 Å². The minimum Gasteiger partial charge on any atom is -0.480 e. The summed E-state index contributed by atoms with van der Waals surface area (Å²) >= 11 is 0. The Morgan fingerprint density at radius 3 is 1.09 bits per heavy atom. The van der Waals surface area contributed by atoms with E-state index in [-0.39, 0.29) is 6.61 Å². The molecule has 87 heavy (non-hydrogen) atoms. The number of carboxylic acid groups (broad SMARTS) is 1. The number of hydrogen-bond acceptors (Lipinski definition) is 29. The van der Waals surface area contributed by atoms with Gasteiger partial charge >= 0.3 is 71.8 Å². The van der Waals surface area contributed by atoms with Gasteiger partial charge in [0, 0.05) is 75.2 Å². The molecule has 476 valence electrons. The molecular formula is C56H67NO30. The molecule has 31 nitrogen and oxygen atoms in total. The molecule has 2 aromatic rings. The first-order valence-corrected chi connectivity index (χ1v) is 27.0. The second-order valence-corrected chi connectivity index (χ2v) is 20.0. The number of ether oxygens (including phenoxy) is 17. The van der Waals surface area contributed by atoms with Crippen LogP contribution >= 0.6 is 0 Å². The number of carboxylic acids is 1. The highest BCUT2D eigenvalue weighted by atomic mass is 16.8. The van der Waals surface area contributed by atoms with Crippen LogP contribution in [0, 0.1) is 0 Å². The summed E-state index contributed by atoms with van der Waals surface area (Å²) in [5, 5.41) is 12.5. The SMILES string of the molecule is CC(=O)OC[C@H]1O[C@H](O[C@H]2[C@H](OC(C)=O)[C@@H](OC(C)=O)[C@@H](O[C@H]3[C@H](OC(C)=O)[C@@H](OC(C)=O)[C@@H](OC[C@H](NC(=O)OCC4c5ccccc5-c5ccccc54)C(=O)O)O[C@@H]3COC(C)=O)O[C@@H]2COC(C)=O)[C@H](OC(C)=O)[C@@H](OC(C)=O)[C@@H]1OC(C)=O. The van der Waals surface area contributed by atoms with Gasteiger partial charge in [0.2, 0.25) is 0 Å². The lowest BCUT2D eigenvalue weighted by Crippen LogP contribution is -2.69. The number of carbonyl (C=O) groups excluding carboxylic acids is 11. The molecule has 0 unspecified atom stereocenters. The second kappa shape index (κ2) is 30.8. The molecule has 16 atom stereocenters. The van der Waals surface area contributed by atoms with Crippen LogP contribution in [-0.2, 0) is 133 Å². The van der Waals surface area contributed by atoms with Crippen LogP contribution in [0.1, 0.15) is 86.3 Å². The van der Waals surface area contributed by atoms with Crippen molar-refractivity contribution in [3.63, 3.8) is 0 Å². The highest BCUT2D eigenvalue weighted by molar-refractivity contribution is 5.81. The standard InChI is InChI=1S/C56H67NO30/c1-24(58)71-21-40-43(76-27(4)61)46(77-28(5)62)50(81-32(9)66)54(84-40)87-45-42(23-73-26(3)60)85-55(51(82-33(10)67)48(45)79-30(7)64)86-44-41(22-72-25(2)59)83-53(49(80-31(8)65)47(44)78-29(6)63)74-20-39(52(68)69)57-56(70)75-19-38-36-17-13-11-15-34(36)35-16-12-14-18-37(35)38/h11-18,38-51,53-55H,19-23H2,1-10H3,(H,57,70)(H,68,69)/t39-,40+,41+,42+,43+,44+,45+,46-,47-,48-,49+,50+,51+,53-,54+,55+/m0/s1. The van der Waals surface area contributed by atoms with E-state index < -0.39 is 202 Å². The molecular weight excluding hydrogens is 1170 g/mol. The summed E-state index contributed by atoms with van der Waals surface area (Å²) in [4.78, 5) is 154. The minimum atomic E-state index is -2.16. The zero-order chi connectivity index (χ0) is 64.0. The quantitative estimate of drug-likeness (QED) is 0.110. The van der Waals surface area contributed by atoms with E-state index in [1.165, 1.54) is 0 Å². The van der Waals surface area contributed by atoms with E-state index in [2.05, 4.69) is 5.32 Å². The third kappa shape index (κ3) is 18.6. The summed E-state index contributed by atoms with van der Waals surface area (Å²) in [6.45, 7) is 5.95. The third-order valence-corrected chi connectivity index (χ3v) is 13.2. The number of nitrogens with one attached hydrogen (secondary N) is 1. The molecule has 1 aliphatic carbocycles. The molecule has 3 heterocycles. The number of fused-ring (bicyclic) bond motifs is 3. The summed E-state index contributed by atoms with van der Waals surface area (Å²) in [5.74, 6) is -12.2. The molecule has 2 N–H and O–H groups in total. The van der Waals surface area contributed by atoms with Gasteiger partial charge < -0.3 is 90.9 Å². The van der Waals surface area contributed by atoms with Crippen molar-refractivity contribution in [1.82, 2.24) is 5.32 Å². The third-order valence-electron chi connectivity index (χ3n) is 13.2. The number of esters is 10. The van der Waals surface area contributed by atoms with Crippen molar-refractivity contribution in [2.75, 3.05) is 33.0 Å². The van der Waals surface area contributed by atoms with Gasteiger partial charge in [-0.2, -0.15) is 0 Å². The summed E-state index contributed by atoms with van der Waals surface area (Å²) in [6, 6.07) is 13.0. The van der Waals surface area contributed by atoms with Crippen molar-refractivity contribution < 1.29 is 143 Å². The van der Waals surface area contributed by atoms with Crippen molar-refractivity contribution in [1.29, 1.82) is 0 Å². The van der Waals surface area contributed by atoms with E-state index in [1.54, 1.807) is 0 Å². The number of benzene rings is 2. The largest absolute Gasteiger partial charge is 0.480 e. The van der Waals surface area contributed by atoms with Gasteiger partial charge in [-0.3, -0.25) is 47.9 Å². The minimum absolute atomic E-state index is 0.207. The lowest BCUT2D eigenvalue weighted by atomic mass is 9.95. The molecule has 2 aromatic carbocycles. The Morgan fingerprint density at radius 2 is 0.724 bits per heavy atom. The van der Waals surface area contributed by atoms with Crippen LogP contribution in [0.4, 0.5) is 4.79 Å². The van der Waals surface area contributed by atoms with E-state index >= 15 is 0 Å². The van der Waals surface area contributed by atoms with Crippen LogP contribution in [0.25, 0.3) is 11.1 Å². The van der Waals surface area contributed by atoms with Crippen LogP contribution in [0.15, 0.2) is 48.5 Å². The zero-order valence-corrected chi connectivity index (χ0v) is 48.8. The summed E-state index contributed by atoms with van der Waals surface area (Å²) < 4.78 is 98.3. The summed E-state index contributed by atoms with van der Waals surface area (Å²) in [6.07, 6.45) is -29.9. The fraction of sp³-hybridized carbons (Fsp3) is 0.571. The first-order valence-electron chi connectivity index (χ1n) is 27.0. The Hall–Kier alpha value is -8.36. The fourth-order valence-corrected chi connectivity index (χ4v) is 10.0. The molecule has 6 rings (SSSR count). The molecule has 0 aromatic heterocycles. The number of aliphatic carboxylic acids is 1. The average molecular weight is 1230 g/mol. The zero-order valence-electron chi connectivity index (χ0n) is 48.8. The van der Waals surface area contributed by atoms with Gasteiger partial charge in [0.05, 0.1) is 6.61 Å². The monoisotopic (exact) mass is 1230 g/mol. The van der Waals surface area contributed by atoms with Gasteiger partial charge in [-0.1, -0.05) is 48.5 Å². The molecule has 0 radical (unpaired) electrons. The molecule has 0 spiro atoms. The highest BCUT2D eigenvalue weighted by Crippen LogP contribution is 2.45. The summed E-state index contributed by atoms with van der Waals surface area (Å²) in [7, 11) is 0. The topological polar surface area (TPSA) is 394 Å². The van der Waals surface area contributed by atoms with Gasteiger partial charge in [-0.05, 0) is 22.3 Å². The number of carbonyl (C=O) groups is 12. The van der Waals surface area contributed by atoms with Crippen LogP contribution in [0.3, 0.4) is 0 Å². The smallest absolute Gasteiger partial charge is 0.407 e. The van der Waals surface area contributed by atoms with Gasteiger partial charge in [0.25, 0.3) is 0 Å². The van der Waals surface area contributed by atoms with Crippen LogP contribution < -0.4 is 5.32 Å². The molecule has 31 heteroatoms. The Morgan fingerprint density at radius 1 is 0.402 bits per heavy atom. The maximum Gasteiger partial charge on any atom is 0.407 e. The van der Waals surface area contributed by atoms with E-state index in [9.17, 15) is 62.6 Å². The highest BCUT2D eigenvalue weighted by Gasteiger charge is 2.60. The Bertz CT molecular complexity index is 2830. The number of alkyl carbamates (subject to hydrolysis) is 1. The maximum atomic E-state index is 13.4. The lowest BCUT2D eigenvalue weighted by Gasteiger charge is -2.50. The lowest BCUT2D eigenvalue weighted by molar-refractivity contribution is -0.380. The molecule has 0 bridgehead atoms. The van der Waals surface area contributed by atoms with Crippen LogP contribution in [0.2, 0.25) is 0 Å². The summed E-state index contributed by atoms with van der Waals surface area (Å²) in [5.41, 5.74) is 3.59. The van der Waals surface area contributed by atoms with Gasteiger partial charge in [-0.15, -0.1) is 0 Å². The molecule has 1 amide bonds. The fourth-order valence-electron chi connectivity index (χ4n) is 10.0. The van der Waals surface area contributed by atoms with E-state index in [0.717, 1.165) is 91.5 Å². The van der Waals surface area contributed by atoms with Crippen molar-refractivity contribution in [2.45, 2.75) is 173 Å². The predicted molar refractivity (Wildman–Crippen MR) is 280 cm³/mol. The Balaban J connectivity index is 1.36. The number of amides is 1.